The highest BCUT2D eigenvalue weighted by molar-refractivity contribution is 8.14. The summed E-state index contributed by atoms with van der Waals surface area (Å²) in [5, 5.41) is 0.586. The number of amidine groups is 1. The lowest BCUT2D eigenvalue weighted by Crippen LogP contribution is -2.42. The van der Waals surface area contributed by atoms with Crippen LogP contribution in [0.2, 0.25) is 0 Å². The zero-order valence-electron chi connectivity index (χ0n) is 6.61. The number of thioether (sulfide) groups is 1. The van der Waals surface area contributed by atoms with Gasteiger partial charge in [0.2, 0.25) is 5.91 Å². The van der Waals surface area contributed by atoms with E-state index in [2.05, 4.69) is 4.99 Å². The Balaban J connectivity index is 2.38. The van der Waals surface area contributed by atoms with Gasteiger partial charge in [0.05, 0.1) is 0 Å². The van der Waals surface area contributed by atoms with Crippen LogP contribution < -0.4 is 0 Å². The smallest absolute Gasteiger partial charge is 0.260 e. The summed E-state index contributed by atoms with van der Waals surface area (Å²) in [6.45, 7) is 2.30. The zero-order chi connectivity index (χ0) is 8.72. The van der Waals surface area contributed by atoms with Gasteiger partial charge in [-0.25, -0.2) is 0 Å². The summed E-state index contributed by atoms with van der Waals surface area (Å²) in [7, 11) is 0. The minimum absolute atomic E-state index is 0.102. The summed E-state index contributed by atoms with van der Waals surface area (Å²) in [5.74, 6) is -0.131. The number of rotatable bonds is 0. The van der Waals surface area contributed by atoms with Crippen LogP contribution in [-0.4, -0.2) is 34.2 Å². The standard InChI is InChI=1S/C7H8N2O2S/c1-4-5(10)8-7-9(6(4)11)2-3-12-7/h4H,2-3H2,1H3. The lowest BCUT2D eigenvalue weighted by atomic mass is 10.1. The topological polar surface area (TPSA) is 49.7 Å². The molecule has 0 radical (unpaired) electrons. The second-order valence-corrected chi connectivity index (χ2v) is 3.85. The van der Waals surface area contributed by atoms with Gasteiger partial charge in [-0.3, -0.25) is 14.5 Å². The van der Waals surface area contributed by atoms with E-state index in [1.807, 2.05) is 0 Å². The number of hydrogen-bond acceptors (Lipinski definition) is 3. The van der Waals surface area contributed by atoms with E-state index in [4.69, 9.17) is 0 Å². The summed E-state index contributed by atoms with van der Waals surface area (Å²) < 4.78 is 0. The lowest BCUT2D eigenvalue weighted by molar-refractivity contribution is -0.138. The Labute approximate surface area is 74.0 Å². The van der Waals surface area contributed by atoms with E-state index < -0.39 is 5.92 Å². The Bertz CT molecular complexity index is 287. The summed E-state index contributed by atoms with van der Waals surface area (Å²) in [4.78, 5) is 27.9. The minimum Gasteiger partial charge on any atom is -0.290 e. The second kappa shape index (κ2) is 2.58. The van der Waals surface area contributed by atoms with Crippen LogP contribution in [0.15, 0.2) is 4.99 Å². The second-order valence-electron chi connectivity index (χ2n) is 2.79. The molecule has 1 atom stereocenters. The van der Waals surface area contributed by atoms with Gasteiger partial charge in [-0.15, -0.1) is 0 Å². The number of carbonyl (C=O) groups excluding carboxylic acids is 2. The average Bonchev–Trinajstić information content (AvgIpc) is 2.48. The van der Waals surface area contributed by atoms with Crippen LogP contribution in [0.5, 0.6) is 0 Å². The van der Waals surface area contributed by atoms with Gasteiger partial charge in [-0.05, 0) is 6.92 Å². The van der Waals surface area contributed by atoms with Crippen LogP contribution in [0, 0.1) is 5.92 Å². The normalized spacial score (nSPS) is 28.9. The Kier molecular flexibility index (Phi) is 1.68. The van der Waals surface area contributed by atoms with E-state index >= 15 is 0 Å². The maximum absolute atomic E-state index is 11.4. The molecule has 0 bridgehead atoms. The Morgan fingerprint density at radius 3 is 3.08 bits per heavy atom. The fourth-order valence-electron chi connectivity index (χ4n) is 1.23. The average molecular weight is 184 g/mol. The summed E-state index contributed by atoms with van der Waals surface area (Å²) >= 11 is 1.47. The van der Waals surface area contributed by atoms with Crippen molar-refractivity contribution in [2.24, 2.45) is 10.9 Å². The molecule has 12 heavy (non-hydrogen) atoms. The molecule has 2 heterocycles. The molecule has 5 heteroatoms. The molecular weight excluding hydrogens is 176 g/mol. The Morgan fingerprint density at radius 1 is 1.58 bits per heavy atom. The van der Waals surface area contributed by atoms with Crippen molar-refractivity contribution < 1.29 is 9.59 Å². The predicted molar refractivity (Wildman–Crippen MR) is 45.8 cm³/mol. The van der Waals surface area contributed by atoms with Crippen molar-refractivity contribution in [1.82, 2.24) is 4.90 Å². The van der Waals surface area contributed by atoms with Crippen LogP contribution in [0.25, 0.3) is 0 Å². The van der Waals surface area contributed by atoms with E-state index in [1.165, 1.54) is 11.8 Å². The number of fused-ring (bicyclic) bond motifs is 1. The molecule has 4 nitrogen and oxygen atoms in total. The van der Waals surface area contributed by atoms with Crippen LogP contribution in [0.1, 0.15) is 6.92 Å². The van der Waals surface area contributed by atoms with Gasteiger partial charge in [0.25, 0.3) is 5.91 Å². The van der Waals surface area contributed by atoms with Crippen LogP contribution >= 0.6 is 11.8 Å². The van der Waals surface area contributed by atoms with E-state index in [0.29, 0.717) is 11.7 Å². The van der Waals surface area contributed by atoms with Crippen molar-refractivity contribution in [3.8, 4) is 0 Å². The van der Waals surface area contributed by atoms with Gasteiger partial charge >= 0.3 is 0 Å². The molecule has 0 aromatic heterocycles. The van der Waals surface area contributed by atoms with E-state index in [-0.39, 0.29) is 11.8 Å². The summed E-state index contributed by atoms with van der Waals surface area (Å²) in [6.07, 6.45) is 0. The first-order valence-corrected chi connectivity index (χ1v) is 4.75. The molecule has 0 spiro atoms. The molecule has 0 saturated carbocycles. The Morgan fingerprint density at radius 2 is 2.33 bits per heavy atom. The number of carbonyl (C=O) groups is 2. The number of aliphatic imine (C=N–C) groups is 1. The third-order valence-electron chi connectivity index (χ3n) is 1.99. The van der Waals surface area contributed by atoms with Crippen molar-refractivity contribution in [1.29, 1.82) is 0 Å². The third-order valence-corrected chi connectivity index (χ3v) is 2.95. The lowest BCUT2D eigenvalue weighted by Gasteiger charge is -2.22. The molecule has 1 saturated heterocycles. The van der Waals surface area contributed by atoms with Crippen molar-refractivity contribution in [3.63, 3.8) is 0 Å². The molecule has 0 N–H and O–H groups in total. The van der Waals surface area contributed by atoms with Gasteiger partial charge < -0.3 is 0 Å². The molecule has 2 aliphatic heterocycles. The quantitative estimate of drug-likeness (QED) is 0.501. The maximum Gasteiger partial charge on any atom is 0.260 e. The molecule has 0 aromatic rings. The SMILES string of the molecule is CC1C(=O)N=C2SCCN2C1=O. The van der Waals surface area contributed by atoms with Crippen LogP contribution in [0.4, 0.5) is 0 Å². The predicted octanol–water partition coefficient (Wildman–Crippen LogP) is 0.0941. The van der Waals surface area contributed by atoms with Crippen molar-refractivity contribution in [2.45, 2.75) is 6.92 Å². The first-order chi connectivity index (χ1) is 5.70. The van der Waals surface area contributed by atoms with Gasteiger partial charge in [0.15, 0.2) is 5.17 Å². The molecular formula is C7H8N2O2S. The fourth-order valence-corrected chi connectivity index (χ4v) is 2.18. The van der Waals surface area contributed by atoms with Crippen molar-refractivity contribution in [3.05, 3.63) is 0 Å². The van der Waals surface area contributed by atoms with Crippen molar-refractivity contribution in [2.75, 3.05) is 12.3 Å². The first-order valence-electron chi connectivity index (χ1n) is 3.77. The number of amides is 2. The Hall–Kier alpha value is -0.840. The highest BCUT2D eigenvalue weighted by atomic mass is 32.2. The van der Waals surface area contributed by atoms with E-state index in [9.17, 15) is 9.59 Å². The maximum atomic E-state index is 11.4. The highest BCUT2D eigenvalue weighted by Crippen LogP contribution is 2.24. The monoisotopic (exact) mass is 184 g/mol. The minimum atomic E-state index is -0.576. The molecule has 0 aromatic carbocycles. The largest absolute Gasteiger partial charge is 0.290 e. The van der Waals surface area contributed by atoms with Crippen LogP contribution in [-0.2, 0) is 9.59 Å². The number of nitrogens with zero attached hydrogens (tertiary/aromatic N) is 2. The molecule has 1 fully saturated rings. The fraction of sp³-hybridized carbons (Fsp3) is 0.571. The summed E-state index contributed by atoms with van der Waals surface area (Å²) in [5.41, 5.74) is 0. The number of hydrogen-bond donors (Lipinski definition) is 0. The molecule has 2 amide bonds. The van der Waals surface area contributed by atoms with E-state index in [0.717, 1.165) is 5.75 Å². The molecule has 0 aliphatic carbocycles. The van der Waals surface area contributed by atoms with Crippen LogP contribution in [0.3, 0.4) is 0 Å². The van der Waals surface area contributed by atoms with Gasteiger partial charge in [-0.2, -0.15) is 4.99 Å². The third kappa shape index (κ3) is 0.964. The highest BCUT2D eigenvalue weighted by Gasteiger charge is 2.37. The van der Waals surface area contributed by atoms with E-state index in [1.54, 1.807) is 11.8 Å². The first kappa shape index (κ1) is 7.79. The molecule has 1 unspecified atom stereocenters. The summed E-state index contributed by atoms with van der Waals surface area (Å²) in [6, 6.07) is 0. The molecule has 2 aliphatic rings. The molecule has 2 rings (SSSR count). The van der Waals surface area contributed by atoms with Gasteiger partial charge in [0, 0.05) is 12.3 Å². The van der Waals surface area contributed by atoms with Gasteiger partial charge in [-0.1, -0.05) is 11.8 Å². The van der Waals surface area contributed by atoms with Crippen molar-refractivity contribution >= 4 is 28.7 Å². The van der Waals surface area contributed by atoms with Gasteiger partial charge in [0.1, 0.15) is 5.92 Å². The molecule has 64 valence electrons. The zero-order valence-corrected chi connectivity index (χ0v) is 7.43.